The van der Waals surface area contributed by atoms with E-state index in [9.17, 15) is 78.1 Å². The van der Waals surface area contributed by atoms with Gasteiger partial charge in [0, 0.05) is 27.2 Å². The summed E-state index contributed by atoms with van der Waals surface area (Å²) in [5.74, 6) is -2.90. The maximum Gasteiger partial charge on any atom is 0.397 e. The van der Waals surface area contributed by atoms with Crippen LogP contribution in [0.1, 0.15) is 118 Å². The molecule has 0 aromatic rings. The summed E-state index contributed by atoms with van der Waals surface area (Å²) in [5, 5.41) is 109. The second kappa shape index (κ2) is 31.6. The molecule has 20 atom stereocenters. The summed E-state index contributed by atoms with van der Waals surface area (Å²) in [5.41, 5.74) is 0. The van der Waals surface area contributed by atoms with Crippen molar-refractivity contribution in [2.45, 2.75) is 240 Å². The van der Waals surface area contributed by atoms with Gasteiger partial charge < -0.3 is 100 Å². The first-order valence-corrected chi connectivity index (χ1v) is 27.1. The lowest BCUT2D eigenvalue weighted by atomic mass is 9.93. The van der Waals surface area contributed by atoms with E-state index in [1.807, 2.05) is 0 Å². The normalized spacial score (nSPS) is 36.3. The Labute approximate surface area is 436 Å². The zero-order chi connectivity index (χ0) is 55.6. The fourth-order valence-corrected chi connectivity index (χ4v) is 9.94. The molecule has 4 saturated heterocycles. The number of rotatable bonds is 30. The second-order valence-corrected chi connectivity index (χ2v) is 20.6. The first kappa shape index (κ1) is 64.6. The maximum atomic E-state index is 13.3. The molecule has 0 aliphatic carbocycles. The van der Waals surface area contributed by atoms with E-state index >= 15 is 0 Å². The molecular formula is C46H82N4O24S. The predicted octanol–water partition coefficient (Wildman–Crippen LogP) is -3.89. The van der Waals surface area contributed by atoms with Gasteiger partial charge in [-0.3, -0.25) is 23.7 Å². The van der Waals surface area contributed by atoms with Crippen molar-refractivity contribution in [3.63, 3.8) is 0 Å². The van der Waals surface area contributed by atoms with Crippen LogP contribution >= 0.6 is 0 Å². The number of aliphatic hydroxyl groups is 9. The molecule has 4 rings (SSSR count). The van der Waals surface area contributed by atoms with Gasteiger partial charge in [0.15, 0.2) is 25.2 Å². The maximum absolute atomic E-state index is 13.3. The highest BCUT2D eigenvalue weighted by molar-refractivity contribution is 7.80. The molecule has 0 saturated carbocycles. The molecule has 0 radical (unpaired) electrons. The van der Waals surface area contributed by atoms with Gasteiger partial charge in [0.2, 0.25) is 23.6 Å². The zero-order valence-electron chi connectivity index (χ0n) is 42.9. The van der Waals surface area contributed by atoms with Gasteiger partial charge in [0.05, 0.1) is 26.4 Å². The molecule has 4 aliphatic rings. The van der Waals surface area contributed by atoms with Crippen LogP contribution in [-0.4, -0.2) is 232 Å². The summed E-state index contributed by atoms with van der Waals surface area (Å²) in [6, 6.07) is -6.57. The number of amides is 4. The Morgan fingerprint density at radius 1 is 0.467 bits per heavy atom. The minimum Gasteiger partial charge on any atom is -0.394 e. The molecule has 436 valence electrons. The van der Waals surface area contributed by atoms with E-state index in [0.29, 0.717) is 6.42 Å². The highest BCUT2D eigenvalue weighted by atomic mass is 32.3. The van der Waals surface area contributed by atoms with Crippen molar-refractivity contribution in [3.05, 3.63) is 0 Å². The van der Waals surface area contributed by atoms with E-state index in [-0.39, 0.29) is 6.42 Å². The van der Waals surface area contributed by atoms with Crippen LogP contribution in [0.4, 0.5) is 0 Å². The molecule has 4 heterocycles. The number of carbonyl (C=O) groups excluding carboxylic acids is 4. The van der Waals surface area contributed by atoms with E-state index in [0.717, 1.165) is 52.9 Å². The molecule has 4 unspecified atom stereocenters. The van der Waals surface area contributed by atoms with Gasteiger partial charge in [-0.25, -0.2) is 4.18 Å². The number of unbranched alkanes of at least 4 members (excludes halogenated alkanes) is 12. The van der Waals surface area contributed by atoms with Crippen molar-refractivity contribution in [1.29, 1.82) is 0 Å². The molecule has 28 nitrogen and oxygen atoms in total. The number of hydrogen-bond donors (Lipinski definition) is 14. The minimum absolute atomic E-state index is 0.0409. The fraction of sp³-hybridized carbons (Fsp3) is 0.913. The molecule has 0 aromatic heterocycles. The predicted molar refractivity (Wildman–Crippen MR) is 255 cm³/mol. The topological polar surface area (TPSA) is 427 Å². The van der Waals surface area contributed by atoms with Crippen molar-refractivity contribution in [1.82, 2.24) is 21.3 Å². The molecule has 0 bridgehead atoms. The van der Waals surface area contributed by atoms with Crippen molar-refractivity contribution in [2.24, 2.45) is 0 Å². The summed E-state index contributed by atoms with van der Waals surface area (Å²) in [4.78, 5) is 50.5. The monoisotopic (exact) mass is 1110 g/mol. The van der Waals surface area contributed by atoms with Gasteiger partial charge in [0.25, 0.3) is 0 Å². The largest absolute Gasteiger partial charge is 0.397 e. The Balaban J connectivity index is 1.49. The smallest absolute Gasteiger partial charge is 0.394 e. The van der Waals surface area contributed by atoms with E-state index in [1.165, 1.54) is 44.9 Å². The van der Waals surface area contributed by atoms with Crippen LogP contribution in [0, 0.1) is 0 Å². The highest BCUT2D eigenvalue weighted by Crippen LogP contribution is 2.35. The van der Waals surface area contributed by atoms with E-state index in [1.54, 1.807) is 0 Å². The molecule has 75 heavy (non-hydrogen) atoms. The standard InChI is InChI=1S/C46H82N4O24S/c1-5-6-7-8-9-10-11-12-13-14-15-16-17-18-30(57)50-32-36(59)35(58)26(19-51)69-44(32)72-40-27(20-52)70-45(33(38(40)61)48-24(3)55)73-41-28(21-53)71-46(34(39(41)62)49-25(4)56)74-42-29(22-67-75(64,65)66)68-43(63)31(37(42)60)47-23(2)54/h26-29,31-46,51-53,58-63H,5-22H2,1-4H3,(H,47,54)(H,48,55)(H,49,56)(H,50,57)(H,64,65,66)/t26-,27-,28-,29-,31-,32-,33-,34+,35-,36-,37?,38?,39?,40-,41-,42-,43?,44+,45+,46+/m1/s1. The van der Waals surface area contributed by atoms with Crippen LogP contribution < -0.4 is 21.3 Å². The lowest BCUT2D eigenvalue weighted by Gasteiger charge is -2.51. The van der Waals surface area contributed by atoms with Crippen LogP contribution in [-0.2, 0) is 66.9 Å². The molecule has 0 aromatic carbocycles. The quantitative estimate of drug-likeness (QED) is 0.0242. The van der Waals surface area contributed by atoms with Crippen molar-refractivity contribution in [2.75, 3.05) is 26.4 Å². The third kappa shape index (κ3) is 19.5. The lowest BCUT2D eigenvalue weighted by molar-refractivity contribution is -0.361. The minimum atomic E-state index is -5.15. The summed E-state index contributed by atoms with van der Waals surface area (Å²) < 4.78 is 77.9. The Bertz CT molecular complexity index is 1860. The molecule has 29 heteroatoms. The Hall–Kier alpha value is -2.89. The number of nitrogens with one attached hydrogen (secondary N) is 4. The number of hydrogen-bond acceptors (Lipinski definition) is 23. The number of aliphatic hydroxyl groups excluding tert-OH is 9. The van der Waals surface area contributed by atoms with E-state index < -0.39 is 183 Å². The summed E-state index contributed by atoms with van der Waals surface area (Å²) in [6.45, 7) is 1.43. The summed E-state index contributed by atoms with van der Waals surface area (Å²) in [6.07, 6.45) is -14.6. The van der Waals surface area contributed by atoms with Crippen LogP contribution in [0.25, 0.3) is 0 Å². The van der Waals surface area contributed by atoms with Crippen molar-refractivity contribution < 1.29 is 115 Å². The Morgan fingerprint density at radius 2 is 0.827 bits per heavy atom. The molecule has 0 spiro atoms. The van der Waals surface area contributed by atoms with Crippen LogP contribution in [0.2, 0.25) is 0 Å². The van der Waals surface area contributed by atoms with Crippen molar-refractivity contribution >= 4 is 34.0 Å². The molecule has 4 aliphatic heterocycles. The van der Waals surface area contributed by atoms with Gasteiger partial charge in [-0.05, 0) is 6.42 Å². The fourth-order valence-electron chi connectivity index (χ4n) is 9.64. The third-order valence-electron chi connectivity index (χ3n) is 13.5. The number of ether oxygens (including phenoxy) is 7. The molecule has 4 amide bonds. The van der Waals surface area contributed by atoms with Crippen molar-refractivity contribution in [3.8, 4) is 0 Å². The van der Waals surface area contributed by atoms with Gasteiger partial charge in [-0.15, -0.1) is 0 Å². The SMILES string of the molecule is CCCCCCCCCCCCCCCC(=O)N[C@H]1[C@H](O[C@H]2C(O)[C@@H](NC(C)=O)[C@H](O[C@H]3C(O)[C@H](NC(C)=O)[C@H](O[C@H]4C(O)[C@@H](NC(C)=O)C(O)O[C@@H]4COS(=O)(=O)O)O[C@@H]3CO)O[C@@H]2CO)O[C@H](CO)[C@@H](O)[C@@H]1O. The first-order chi connectivity index (χ1) is 35.5. The van der Waals surface area contributed by atoms with Crippen LogP contribution in [0.3, 0.4) is 0 Å². The van der Waals surface area contributed by atoms with E-state index in [4.69, 9.17) is 33.2 Å². The third-order valence-corrected chi connectivity index (χ3v) is 13.9. The first-order valence-electron chi connectivity index (χ1n) is 25.8. The molecule has 4 fully saturated rings. The van der Waals surface area contributed by atoms with Gasteiger partial charge in [-0.2, -0.15) is 8.42 Å². The number of carbonyl (C=O) groups is 4. The lowest BCUT2D eigenvalue weighted by Crippen LogP contribution is -2.71. The second-order valence-electron chi connectivity index (χ2n) is 19.5. The summed E-state index contributed by atoms with van der Waals surface area (Å²) >= 11 is 0. The average molecular weight is 1110 g/mol. The highest BCUT2D eigenvalue weighted by Gasteiger charge is 2.56. The summed E-state index contributed by atoms with van der Waals surface area (Å²) in [7, 11) is -5.15. The van der Waals surface area contributed by atoms with E-state index in [2.05, 4.69) is 32.4 Å². The molecule has 14 N–H and O–H groups in total. The average Bonchev–Trinajstić information content (AvgIpc) is 3.34. The zero-order valence-corrected chi connectivity index (χ0v) is 43.7. The molecular weight excluding hydrogens is 1020 g/mol. The van der Waals surface area contributed by atoms with Crippen LogP contribution in [0.15, 0.2) is 0 Å². The Kier molecular flexibility index (Phi) is 27.3. The van der Waals surface area contributed by atoms with Crippen LogP contribution in [0.5, 0.6) is 0 Å². The van der Waals surface area contributed by atoms with Gasteiger partial charge in [-0.1, -0.05) is 84.0 Å². The Morgan fingerprint density at radius 3 is 1.23 bits per heavy atom. The van der Waals surface area contributed by atoms with Gasteiger partial charge >= 0.3 is 10.4 Å². The van der Waals surface area contributed by atoms with Gasteiger partial charge in [0.1, 0.15) is 97.4 Å².